The summed E-state index contributed by atoms with van der Waals surface area (Å²) in [7, 11) is 1.68. The Hall–Kier alpha value is -3.55. The number of ether oxygens (including phenoxy) is 2. The first-order valence-electron chi connectivity index (χ1n) is 23.1. The molecule has 330 valence electrons. The number of benzene rings is 1. The lowest BCUT2D eigenvalue weighted by molar-refractivity contribution is -0.209. The fraction of sp³-hybridized carbons (Fsp3) is 0.712. The van der Waals surface area contributed by atoms with Gasteiger partial charge in [0, 0.05) is 30.1 Å². The summed E-state index contributed by atoms with van der Waals surface area (Å²) < 4.78 is 11.6. The third-order valence-electron chi connectivity index (χ3n) is 17.2. The van der Waals surface area contributed by atoms with E-state index in [2.05, 4.69) is 87.4 Å². The number of allylic oxidation sites excluding steroid dienone is 4. The molecule has 0 radical (unpaired) electrons. The third kappa shape index (κ3) is 7.67. The summed E-state index contributed by atoms with van der Waals surface area (Å²) in [4.78, 5) is 39.6. The van der Waals surface area contributed by atoms with Gasteiger partial charge in [0.2, 0.25) is 0 Å². The Morgan fingerprint density at radius 1 is 0.967 bits per heavy atom. The van der Waals surface area contributed by atoms with Crippen LogP contribution in [0, 0.1) is 49.7 Å². The van der Waals surface area contributed by atoms with Crippen molar-refractivity contribution in [3.8, 4) is 5.75 Å². The van der Waals surface area contributed by atoms with E-state index in [4.69, 9.17) is 19.7 Å². The SMILES string of the molecule is CCCC12CCC(C3(C)CCC(OC(=O)CC(C)(C)C(=O)O)C(C)(C)C3)C(C)(CC)C1(C)CCC1(CC3=NN=C(c4ccc(OC)cc4)CC(C)=C3)CC(=O)C(C(C)C)=C12. The number of esters is 1. The van der Waals surface area contributed by atoms with E-state index in [1.54, 1.807) is 21.0 Å². The van der Waals surface area contributed by atoms with Gasteiger partial charge in [-0.15, -0.1) is 0 Å². The van der Waals surface area contributed by atoms with Crippen molar-refractivity contribution in [1.29, 1.82) is 0 Å². The van der Waals surface area contributed by atoms with Gasteiger partial charge in [-0.05, 0) is 159 Å². The maximum absolute atomic E-state index is 14.6. The van der Waals surface area contributed by atoms with Crippen molar-refractivity contribution >= 4 is 29.1 Å². The molecule has 60 heavy (non-hydrogen) atoms. The van der Waals surface area contributed by atoms with Gasteiger partial charge in [0.05, 0.1) is 30.4 Å². The third-order valence-corrected chi connectivity index (χ3v) is 17.2. The van der Waals surface area contributed by atoms with Crippen molar-refractivity contribution in [1.82, 2.24) is 0 Å². The Morgan fingerprint density at radius 2 is 1.65 bits per heavy atom. The molecule has 1 aromatic carbocycles. The number of fused-ring (bicyclic) bond motifs is 3. The van der Waals surface area contributed by atoms with E-state index in [0.717, 1.165) is 105 Å². The molecular formula is C52H76N2O6. The van der Waals surface area contributed by atoms with E-state index < -0.39 is 17.4 Å². The Morgan fingerprint density at radius 3 is 2.23 bits per heavy atom. The van der Waals surface area contributed by atoms with E-state index in [9.17, 15) is 19.5 Å². The summed E-state index contributed by atoms with van der Waals surface area (Å²) in [5.41, 5.74) is 4.89. The number of carboxylic acid groups (broad SMARTS) is 1. The molecule has 3 saturated carbocycles. The molecule has 0 amide bonds. The Labute approximate surface area is 361 Å². The van der Waals surface area contributed by atoms with Gasteiger partial charge in [0.1, 0.15) is 11.9 Å². The van der Waals surface area contributed by atoms with Crippen molar-refractivity contribution in [3.63, 3.8) is 0 Å². The highest BCUT2D eigenvalue weighted by Crippen LogP contribution is 2.79. The minimum absolute atomic E-state index is 0.0128. The second-order valence-corrected chi connectivity index (χ2v) is 22.3. The second-order valence-electron chi connectivity index (χ2n) is 22.3. The molecule has 5 aliphatic rings. The van der Waals surface area contributed by atoms with Gasteiger partial charge in [0.15, 0.2) is 5.78 Å². The standard InChI is InChI=1S/C52H76N2O6/c1-14-22-52-24-20-40(48(10)23-21-41(47(8,9)32-48)60-42(56)31-46(6,7)45(57)58)49(11,15-2)50(52,12)25-26-51(30-39(55)43(33(3)4)44(51)52)29-36-27-34(5)28-38(54-53-36)35-16-18-37(59-13)19-17-35/h16-19,27,33,40-41H,14-15,20-26,28-32H2,1-13H3,(H,57,58). The van der Waals surface area contributed by atoms with Crippen molar-refractivity contribution in [2.75, 3.05) is 7.11 Å². The fourth-order valence-electron chi connectivity index (χ4n) is 14.2. The number of aliphatic carboxylic acids is 1. The van der Waals surface area contributed by atoms with Crippen molar-refractivity contribution in [2.24, 2.45) is 59.9 Å². The quantitative estimate of drug-likeness (QED) is 0.198. The molecule has 7 unspecified atom stereocenters. The molecule has 1 aromatic rings. The van der Waals surface area contributed by atoms with E-state index in [1.807, 2.05) is 12.1 Å². The molecule has 8 heteroatoms. The van der Waals surface area contributed by atoms with Gasteiger partial charge in [0.25, 0.3) is 0 Å². The topological polar surface area (TPSA) is 115 Å². The van der Waals surface area contributed by atoms with Crippen LogP contribution in [0.1, 0.15) is 179 Å². The second kappa shape index (κ2) is 16.3. The van der Waals surface area contributed by atoms with Crippen LogP contribution in [-0.4, -0.2) is 47.5 Å². The number of carboxylic acids is 1. The van der Waals surface area contributed by atoms with Crippen molar-refractivity contribution in [3.05, 3.63) is 52.6 Å². The zero-order chi connectivity index (χ0) is 44.3. The van der Waals surface area contributed by atoms with Crippen LogP contribution < -0.4 is 4.74 Å². The highest BCUT2D eigenvalue weighted by Gasteiger charge is 2.71. The van der Waals surface area contributed by atoms with E-state index >= 15 is 0 Å². The lowest BCUT2D eigenvalue weighted by Gasteiger charge is -2.72. The first-order chi connectivity index (χ1) is 28.0. The number of Topliss-reactive ketones (excluding diaryl/α,β-unsaturated/α-hetero) is 1. The van der Waals surface area contributed by atoms with Crippen LogP contribution in [0.3, 0.4) is 0 Å². The molecule has 8 nitrogen and oxygen atoms in total. The van der Waals surface area contributed by atoms with Crippen LogP contribution >= 0.6 is 0 Å². The number of hydrogen-bond acceptors (Lipinski definition) is 7. The summed E-state index contributed by atoms with van der Waals surface area (Å²) in [5, 5.41) is 19.6. The van der Waals surface area contributed by atoms with Crippen LogP contribution in [0.4, 0.5) is 0 Å². The van der Waals surface area contributed by atoms with Gasteiger partial charge in [-0.1, -0.05) is 74.3 Å². The van der Waals surface area contributed by atoms with Gasteiger partial charge in [-0.3, -0.25) is 14.4 Å². The lowest BCUT2D eigenvalue weighted by atomic mass is 9.32. The monoisotopic (exact) mass is 825 g/mol. The molecule has 0 bridgehead atoms. The Bertz CT molecular complexity index is 1990. The molecule has 1 aliphatic heterocycles. The number of rotatable bonds is 13. The number of carbonyl (C=O) groups excluding carboxylic acids is 2. The van der Waals surface area contributed by atoms with Gasteiger partial charge < -0.3 is 14.6 Å². The van der Waals surface area contributed by atoms with E-state index in [0.29, 0.717) is 18.1 Å². The summed E-state index contributed by atoms with van der Waals surface area (Å²) in [6.45, 7) is 26.8. The molecule has 0 spiro atoms. The minimum atomic E-state index is -1.17. The number of carbonyl (C=O) groups is 3. The summed E-state index contributed by atoms with van der Waals surface area (Å²) in [5.74, 6) is 0.328. The summed E-state index contributed by atoms with van der Waals surface area (Å²) in [6, 6.07) is 8.06. The Kier molecular flexibility index (Phi) is 12.5. The number of methoxy groups -OCH3 is 1. The van der Waals surface area contributed by atoms with Crippen LogP contribution in [0.15, 0.2) is 57.3 Å². The van der Waals surface area contributed by atoms with Crippen molar-refractivity contribution in [2.45, 2.75) is 179 Å². The van der Waals surface area contributed by atoms with E-state index in [1.165, 1.54) is 11.1 Å². The maximum Gasteiger partial charge on any atom is 0.309 e. The minimum Gasteiger partial charge on any atom is -0.497 e. The molecule has 3 fully saturated rings. The molecule has 4 aliphatic carbocycles. The highest BCUT2D eigenvalue weighted by molar-refractivity contribution is 6.07. The molecule has 0 saturated heterocycles. The van der Waals surface area contributed by atoms with Gasteiger partial charge in [-0.2, -0.15) is 10.2 Å². The zero-order valence-electron chi connectivity index (χ0n) is 39.4. The normalized spacial score (nSPS) is 34.2. The highest BCUT2D eigenvalue weighted by atomic mass is 16.5. The molecule has 6 rings (SSSR count). The number of nitrogens with zero attached hydrogens (tertiary/aromatic N) is 2. The largest absolute Gasteiger partial charge is 0.497 e. The predicted molar refractivity (Wildman–Crippen MR) is 241 cm³/mol. The average molecular weight is 825 g/mol. The van der Waals surface area contributed by atoms with Crippen LogP contribution in [0.25, 0.3) is 0 Å². The van der Waals surface area contributed by atoms with Crippen LogP contribution in [0.5, 0.6) is 5.75 Å². The fourth-order valence-corrected chi connectivity index (χ4v) is 14.2. The van der Waals surface area contributed by atoms with E-state index in [-0.39, 0.29) is 50.9 Å². The Balaban J connectivity index is 1.37. The van der Waals surface area contributed by atoms with Crippen LogP contribution in [0.2, 0.25) is 0 Å². The maximum atomic E-state index is 14.6. The number of ketones is 1. The average Bonchev–Trinajstić information content (AvgIpc) is 3.34. The van der Waals surface area contributed by atoms with Crippen molar-refractivity contribution < 1.29 is 29.0 Å². The number of hydrogen-bond donors (Lipinski definition) is 1. The first kappa shape index (κ1) is 46.0. The van der Waals surface area contributed by atoms with Gasteiger partial charge >= 0.3 is 11.9 Å². The summed E-state index contributed by atoms with van der Waals surface area (Å²) >= 11 is 0. The zero-order valence-corrected chi connectivity index (χ0v) is 39.4. The summed E-state index contributed by atoms with van der Waals surface area (Å²) in [6.07, 6.45) is 13.9. The van der Waals surface area contributed by atoms with Crippen LogP contribution in [-0.2, 0) is 19.1 Å². The molecule has 7 atom stereocenters. The smallest absolute Gasteiger partial charge is 0.309 e. The lowest BCUT2D eigenvalue weighted by Crippen LogP contribution is -2.65. The van der Waals surface area contributed by atoms with Gasteiger partial charge in [-0.25, -0.2) is 0 Å². The predicted octanol–water partition coefficient (Wildman–Crippen LogP) is 12.5. The molecule has 0 aromatic heterocycles. The molecular weight excluding hydrogens is 749 g/mol. The molecule has 1 N–H and O–H groups in total. The molecule has 1 heterocycles. The first-order valence-corrected chi connectivity index (χ1v) is 23.1.